The van der Waals surface area contributed by atoms with Crippen molar-refractivity contribution in [2.24, 2.45) is 0 Å². The summed E-state index contributed by atoms with van der Waals surface area (Å²) in [5.74, 6) is 0.264. The Morgan fingerprint density at radius 2 is 1.77 bits per heavy atom. The summed E-state index contributed by atoms with van der Waals surface area (Å²) in [5.41, 5.74) is 1.05. The number of piperazine rings is 1. The third-order valence-corrected chi connectivity index (χ3v) is 9.21. The number of hydrogen-bond donors (Lipinski definition) is 0. The maximum absolute atomic E-state index is 13.5. The average Bonchev–Trinajstić information content (AvgIpc) is 3.38. The fourth-order valence-corrected chi connectivity index (χ4v) is 6.75. The van der Waals surface area contributed by atoms with Gasteiger partial charge in [-0.25, -0.2) is 8.42 Å². The van der Waals surface area contributed by atoms with Gasteiger partial charge in [-0.3, -0.25) is 9.59 Å². The van der Waals surface area contributed by atoms with Crippen molar-refractivity contribution >= 4 is 43.3 Å². The molecule has 4 rings (SSSR count). The van der Waals surface area contributed by atoms with E-state index < -0.39 is 10.0 Å². The largest absolute Gasteiger partial charge is 0.342 e. The van der Waals surface area contributed by atoms with Crippen LogP contribution in [0, 0.1) is 0 Å². The summed E-state index contributed by atoms with van der Waals surface area (Å²) in [4.78, 5) is 29.7. The number of carbonyl (C=O) groups is 2. The van der Waals surface area contributed by atoms with Gasteiger partial charge in [0.05, 0.1) is 10.6 Å². The number of nitrogens with zero attached hydrogens (tertiary/aromatic N) is 3. The molecule has 0 bridgehead atoms. The minimum absolute atomic E-state index is 0.0268. The zero-order valence-corrected chi connectivity index (χ0v) is 19.0. The van der Waals surface area contributed by atoms with Gasteiger partial charge in [0.1, 0.15) is 0 Å². The number of rotatable bonds is 4. The van der Waals surface area contributed by atoms with Crippen molar-refractivity contribution in [3.8, 4) is 0 Å². The van der Waals surface area contributed by atoms with Crippen LogP contribution in [0.2, 0.25) is 0 Å². The first-order chi connectivity index (χ1) is 14.3. The molecule has 0 aliphatic carbocycles. The Balaban J connectivity index is 1.61. The lowest BCUT2D eigenvalue weighted by atomic mass is 9.94. The topological polar surface area (TPSA) is 78.0 Å². The van der Waals surface area contributed by atoms with Crippen LogP contribution in [-0.2, 0) is 14.8 Å². The SMILES string of the molecule is CCS(=O)(=O)N1CCN(C(=O)c2sc3ccccc3c2[C@@H]2CCN(C(C)=O)C2)CC1. The molecule has 7 nitrogen and oxygen atoms in total. The van der Waals surface area contributed by atoms with Crippen LogP contribution >= 0.6 is 11.3 Å². The molecule has 2 amide bonds. The monoisotopic (exact) mass is 449 g/mol. The molecule has 2 aliphatic rings. The maximum Gasteiger partial charge on any atom is 0.264 e. The molecule has 162 valence electrons. The van der Waals surface area contributed by atoms with E-state index in [9.17, 15) is 18.0 Å². The van der Waals surface area contributed by atoms with Crippen molar-refractivity contribution in [2.45, 2.75) is 26.2 Å². The fraction of sp³-hybridized carbons (Fsp3) is 0.524. The summed E-state index contributed by atoms with van der Waals surface area (Å²) in [7, 11) is -3.23. The molecule has 1 aromatic carbocycles. The van der Waals surface area contributed by atoms with Gasteiger partial charge in [-0.05, 0) is 30.4 Å². The van der Waals surface area contributed by atoms with E-state index in [2.05, 4.69) is 6.07 Å². The van der Waals surface area contributed by atoms with Crippen molar-refractivity contribution in [2.75, 3.05) is 45.0 Å². The van der Waals surface area contributed by atoms with E-state index in [0.29, 0.717) is 39.3 Å². The van der Waals surface area contributed by atoms with Gasteiger partial charge in [-0.1, -0.05) is 18.2 Å². The van der Waals surface area contributed by atoms with Crippen molar-refractivity contribution in [1.29, 1.82) is 0 Å². The van der Waals surface area contributed by atoms with Crippen molar-refractivity contribution in [1.82, 2.24) is 14.1 Å². The zero-order chi connectivity index (χ0) is 21.5. The van der Waals surface area contributed by atoms with Crippen LogP contribution < -0.4 is 0 Å². The highest BCUT2D eigenvalue weighted by atomic mass is 32.2. The minimum Gasteiger partial charge on any atom is -0.342 e. The lowest BCUT2D eigenvalue weighted by Crippen LogP contribution is -2.50. The van der Waals surface area contributed by atoms with Crippen LogP contribution in [0.5, 0.6) is 0 Å². The van der Waals surface area contributed by atoms with Gasteiger partial charge in [-0.15, -0.1) is 11.3 Å². The van der Waals surface area contributed by atoms with Gasteiger partial charge >= 0.3 is 0 Å². The zero-order valence-electron chi connectivity index (χ0n) is 17.3. The second-order valence-electron chi connectivity index (χ2n) is 7.88. The van der Waals surface area contributed by atoms with Gasteiger partial charge in [-0.2, -0.15) is 4.31 Å². The minimum atomic E-state index is -3.23. The van der Waals surface area contributed by atoms with E-state index in [1.165, 1.54) is 15.6 Å². The molecule has 0 saturated carbocycles. The number of amides is 2. The Morgan fingerprint density at radius 3 is 2.40 bits per heavy atom. The smallest absolute Gasteiger partial charge is 0.264 e. The van der Waals surface area contributed by atoms with Crippen molar-refractivity contribution < 1.29 is 18.0 Å². The molecule has 0 radical (unpaired) electrons. The van der Waals surface area contributed by atoms with Gasteiger partial charge < -0.3 is 9.80 Å². The number of carbonyl (C=O) groups excluding carboxylic acids is 2. The summed E-state index contributed by atoms with van der Waals surface area (Å²) in [6.45, 7) is 6.05. The molecule has 2 aromatic rings. The molecule has 3 heterocycles. The lowest BCUT2D eigenvalue weighted by molar-refractivity contribution is -0.127. The number of sulfonamides is 1. The van der Waals surface area contributed by atoms with E-state index in [1.807, 2.05) is 23.1 Å². The van der Waals surface area contributed by atoms with E-state index >= 15 is 0 Å². The molecule has 0 N–H and O–H groups in total. The summed E-state index contributed by atoms with van der Waals surface area (Å²) >= 11 is 1.51. The van der Waals surface area contributed by atoms with Gasteiger partial charge in [0.25, 0.3) is 5.91 Å². The summed E-state index contributed by atoms with van der Waals surface area (Å²) < 4.78 is 26.8. The quantitative estimate of drug-likeness (QED) is 0.718. The van der Waals surface area contributed by atoms with Crippen LogP contribution in [0.1, 0.15) is 41.4 Å². The van der Waals surface area contributed by atoms with Crippen molar-refractivity contribution in [3.63, 3.8) is 0 Å². The predicted molar refractivity (Wildman–Crippen MR) is 118 cm³/mol. The van der Waals surface area contributed by atoms with Gasteiger partial charge in [0.2, 0.25) is 15.9 Å². The second kappa shape index (κ2) is 8.28. The molecule has 0 spiro atoms. The Hall–Kier alpha value is -1.97. The third kappa shape index (κ3) is 3.86. The maximum atomic E-state index is 13.5. The molecule has 1 aromatic heterocycles. The first kappa shape index (κ1) is 21.3. The highest BCUT2D eigenvalue weighted by Crippen LogP contribution is 2.40. The standard InChI is InChI=1S/C21H27N3O4S2/c1-3-30(27,28)24-12-10-22(11-13-24)21(26)20-19(16-8-9-23(14-16)15(2)25)17-6-4-5-7-18(17)29-20/h4-7,16H,3,8-14H2,1-2H3/t16-/m1/s1. The second-order valence-corrected chi connectivity index (χ2v) is 11.2. The Bertz CT molecular complexity index is 1070. The third-order valence-electron chi connectivity index (χ3n) is 6.15. The molecule has 0 unspecified atom stereocenters. The average molecular weight is 450 g/mol. The fourth-order valence-electron chi connectivity index (χ4n) is 4.41. The summed E-state index contributed by atoms with van der Waals surface area (Å²) in [6, 6.07) is 8.05. The van der Waals surface area contributed by atoms with Crippen LogP contribution in [0.3, 0.4) is 0 Å². The van der Waals surface area contributed by atoms with Crippen LogP contribution in [0.15, 0.2) is 24.3 Å². The van der Waals surface area contributed by atoms with Gasteiger partial charge in [0, 0.05) is 56.8 Å². The summed E-state index contributed by atoms with van der Waals surface area (Å²) in [5, 5.41) is 1.09. The molecule has 1 atom stereocenters. The predicted octanol–water partition coefficient (Wildman–Crippen LogP) is 2.34. The Labute approximate surface area is 181 Å². The molecule has 2 aliphatic heterocycles. The highest BCUT2D eigenvalue weighted by molar-refractivity contribution is 7.89. The number of fused-ring (bicyclic) bond motifs is 1. The first-order valence-electron chi connectivity index (χ1n) is 10.4. The van der Waals surface area contributed by atoms with Crippen LogP contribution in [-0.4, -0.2) is 79.4 Å². The number of benzene rings is 1. The first-order valence-corrected chi connectivity index (χ1v) is 12.8. The lowest BCUT2D eigenvalue weighted by Gasteiger charge is -2.34. The molecular weight excluding hydrogens is 422 g/mol. The Kier molecular flexibility index (Phi) is 5.87. The van der Waals surface area contributed by atoms with E-state index in [4.69, 9.17) is 0 Å². The van der Waals surface area contributed by atoms with Crippen LogP contribution in [0.4, 0.5) is 0 Å². The van der Waals surface area contributed by atoms with Crippen LogP contribution in [0.25, 0.3) is 10.1 Å². The number of hydrogen-bond acceptors (Lipinski definition) is 5. The van der Waals surface area contributed by atoms with E-state index in [1.54, 1.807) is 18.7 Å². The normalized spacial score (nSPS) is 20.8. The molecule has 2 saturated heterocycles. The van der Waals surface area contributed by atoms with E-state index in [-0.39, 0.29) is 23.5 Å². The molecule has 9 heteroatoms. The molecular formula is C21H27N3O4S2. The molecule has 30 heavy (non-hydrogen) atoms. The van der Waals surface area contributed by atoms with Gasteiger partial charge in [0.15, 0.2) is 0 Å². The molecule has 2 fully saturated rings. The number of thiophene rings is 1. The van der Waals surface area contributed by atoms with E-state index in [0.717, 1.165) is 26.9 Å². The number of likely N-dealkylation sites (tertiary alicyclic amines) is 1. The van der Waals surface area contributed by atoms with Crippen molar-refractivity contribution in [3.05, 3.63) is 34.7 Å². The summed E-state index contributed by atoms with van der Waals surface area (Å²) in [6.07, 6.45) is 0.850. The highest BCUT2D eigenvalue weighted by Gasteiger charge is 2.34. The Morgan fingerprint density at radius 1 is 1.07 bits per heavy atom.